The summed E-state index contributed by atoms with van der Waals surface area (Å²) in [5.41, 5.74) is 10.6. The SMILES string of the molecule is CC(C)CC1CN(C)C(N=C(N)N)=N1. The molecule has 1 unspecified atom stereocenters. The van der Waals surface area contributed by atoms with E-state index in [-0.39, 0.29) is 5.96 Å². The highest BCUT2D eigenvalue weighted by molar-refractivity contribution is 5.94. The number of rotatable bonds is 2. The first kappa shape index (κ1) is 10.8. The highest BCUT2D eigenvalue weighted by atomic mass is 15.3. The molecule has 1 aliphatic heterocycles. The molecule has 0 aromatic heterocycles. The molecule has 80 valence electrons. The van der Waals surface area contributed by atoms with Crippen molar-refractivity contribution in [2.24, 2.45) is 27.4 Å². The average Bonchev–Trinajstić information content (AvgIpc) is 2.28. The van der Waals surface area contributed by atoms with Crippen molar-refractivity contribution in [3.05, 3.63) is 0 Å². The molecule has 0 saturated carbocycles. The van der Waals surface area contributed by atoms with Crippen LogP contribution in [0.25, 0.3) is 0 Å². The van der Waals surface area contributed by atoms with Crippen molar-refractivity contribution in [1.29, 1.82) is 0 Å². The minimum absolute atomic E-state index is 0.0702. The van der Waals surface area contributed by atoms with Crippen LogP contribution in [0.3, 0.4) is 0 Å². The van der Waals surface area contributed by atoms with Gasteiger partial charge in [-0.3, -0.25) is 0 Å². The Hall–Kier alpha value is -1.26. The van der Waals surface area contributed by atoms with Gasteiger partial charge in [-0.1, -0.05) is 13.8 Å². The maximum absolute atomic E-state index is 5.30. The van der Waals surface area contributed by atoms with Crippen LogP contribution in [0.5, 0.6) is 0 Å². The third-order valence-corrected chi connectivity index (χ3v) is 2.10. The van der Waals surface area contributed by atoms with Crippen molar-refractivity contribution in [2.75, 3.05) is 13.6 Å². The van der Waals surface area contributed by atoms with Gasteiger partial charge in [0.2, 0.25) is 5.96 Å². The summed E-state index contributed by atoms with van der Waals surface area (Å²) in [5, 5.41) is 0. The quantitative estimate of drug-likeness (QED) is 0.482. The highest BCUT2D eigenvalue weighted by Crippen LogP contribution is 2.15. The van der Waals surface area contributed by atoms with Crippen molar-refractivity contribution in [3.63, 3.8) is 0 Å². The van der Waals surface area contributed by atoms with Crippen molar-refractivity contribution in [1.82, 2.24) is 4.90 Å². The molecule has 0 radical (unpaired) electrons. The summed E-state index contributed by atoms with van der Waals surface area (Å²) in [6.45, 7) is 5.28. The number of nitrogens with zero attached hydrogens (tertiary/aromatic N) is 3. The van der Waals surface area contributed by atoms with Gasteiger partial charge in [-0.25, -0.2) is 4.99 Å². The minimum atomic E-state index is 0.0702. The molecular formula is C9H19N5. The van der Waals surface area contributed by atoms with Crippen LogP contribution in [0, 0.1) is 5.92 Å². The van der Waals surface area contributed by atoms with Crippen molar-refractivity contribution in [3.8, 4) is 0 Å². The van der Waals surface area contributed by atoms with E-state index in [9.17, 15) is 0 Å². The Morgan fingerprint density at radius 3 is 2.79 bits per heavy atom. The lowest BCUT2D eigenvalue weighted by atomic mass is 10.1. The van der Waals surface area contributed by atoms with Gasteiger partial charge in [0.15, 0.2) is 5.96 Å². The Kier molecular flexibility index (Phi) is 3.33. The van der Waals surface area contributed by atoms with Crippen LogP contribution in [-0.4, -0.2) is 36.5 Å². The Bertz CT molecular complexity index is 252. The number of hydrogen-bond donors (Lipinski definition) is 2. The molecule has 0 fully saturated rings. The van der Waals surface area contributed by atoms with E-state index >= 15 is 0 Å². The third-order valence-electron chi connectivity index (χ3n) is 2.10. The van der Waals surface area contributed by atoms with Gasteiger partial charge in [0.25, 0.3) is 0 Å². The predicted molar refractivity (Wildman–Crippen MR) is 59.1 cm³/mol. The molecule has 0 aromatic rings. The highest BCUT2D eigenvalue weighted by Gasteiger charge is 2.22. The van der Waals surface area contributed by atoms with Gasteiger partial charge in [0, 0.05) is 13.6 Å². The Morgan fingerprint density at radius 1 is 1.64 bits per heavy atom. The standard InChI is InChI=1S/C9H19N5/c1-6(2)4-7-5-14(3)9(12-7)13-8(10)11/h6-7H,4-5H2,1-3H3,(H4,10,11,12,13). The molecule has 5 nitrogen and oxygen atoms in total. The van der Waals surface area contributed by atoms with Crippen LogP contribution >= 0.6 is 0 Å². The van der Waals surface area contributed by atoms with E-state index in [4.69, 9.17) is 11.5 Å². The monoisotopic (exact) mass is 197 g/mol. The number of likely N-dealkylation sites (N-methyl/N-ethyl adjacent to an activating group) is 1. The second-order valence-electron chi connectivity index (χ2n) is 4.13. The first-order valence-electron chi connectivity index (χ1n) is 4.87. The lowest BCUT2D eigenvalue weighted by Gasteiger charge is -2.12. The van der Waals surface area contributed by atoms with Gasteiger partial charge in [-0.2, -0.15) is 4.99 Å². The zero-order chi connectivity index (χ0) is 10.7. The molecule has 4 N–H and O–H groups in total. The summed E-state index contributed by atoms with van der Waals surface area (Å²) in [5.74, 6) is 1.37. The molecular weight excluding hydrogens is 178 g/mol. The fraction of sp³-hybridized carbons (Fsp3) is 0.778. The van der Waals surface area contributed by atoms with E-state index < -0.39 is 0 Å². The molecule has 0 saturated heterocycles. The first-order chi connectivity index (χ1) is 6.49. The largest absolute Gasteiger partial charge is 0.370 e. The lowest BCUT2D eigenvalue weighted by Crippen LogP contribution is -2.29. The fourth-order valence-electron chi connectivity index (χ4n) is 1.60. The third kappa shape index (κ3) is 2.90. The summed E-state index contributed by atoms with van der Waals surface area (Å²) in [4.78, 5) is 10.4. The molecule has 14 heavy (non-hydrogen) atoms. The number of guanidine groups is 2. The topological polar surface area (TPSA) is 80.0 Å². The molecule has 0 amide bonds. The fourth-order valence-corrected chi connectivity index (χ4v) is 1.60. The molecule has 1 heterocycles. The smallest absolute Gasteiger partial charge is 0.224 e. The summed E-state index contributed by atoms with van der Waals surface area (Å²) in [6.07, 6.45) is 1.08. The van der Waals surface area contributed by atoms with Gasteiger partial charge in [-0.05, 0) is 12.3 Å². The zero-order valence-corrected chi connectivity index (χ0v) is 9.07. The second kappa shape index (κ2) is 4.30. The molecule has 1 rings (SSSR count). The van der Waals surface area contributed by atoms with Gasteiger partial charge in [-0.15, -0.1) is 0 Å². The zero-order valence-electron chi connectivity index (χ0n) is 9.07. The molecule has 0 aromatic carbocycles. The molecule has 0 spiro atoms. The molecule has 1 atom stereocenters. The Labute approximate surface area is 84.9 Å². The van der Waals surface area contributed by atoms with Crippen molar-refractivity contribution in [2.45, 2.75) is 26.3 Å². The second-order valence-corrected chi connectivity index (χ2v) is 4.13. The first-order valence-corrected chi connectivity index (χ1v) is 4.87. The number of nitrogens with two attached hydrogens (primary N) is 2. The normalized spacial score (nSPS) is 21.3. The van der Waals surface area contributed by atoms with E-state index in [0.29, 0.717) is 17.9 Å². The van der Waals surface area contributed by atoms with E-state index in [0.717, 1.165) is 13.0 Å². The van der Waals surface area contributed by atoms with E-state index in [1.807, 2.05) is 11.9 Å². The van der Waals surface area contributed by atoms with Crippen LogP contribution in [0.1, 0.15) is 20.3 Å². The van der Waals surface area contributed by atoms with Gasteiger partial charge in [0.05, 0.1) is 6.04 Å². The van der Waals surface area contributed by atoms with Gasteiger partial charge in [0.1, 0.15) is 0 Å². The summed E-state index contributed by atoms with van der Waals surface area (Å²) in [6, 6.07) is 0.332. The Morgan fingerprint density at radius 2 is 2.29 bits per heavy atom. The van der Waals surface area contributed by atoms with Crippen LogP contribution in [0.15, 0.2) is 9.98 Å². The molecule has 1 aliphatic rings. The van der Waals surface area contributed by atoms with Gasteiger partial charge < -0.3 is 16.4 Å². The minimum Gasteiger partial charge on any atom is -0.370 e. The average molecular weight is 197 g/mol. The lowest BCUT2D eigenvalue weighted by molar-refractivity contribution is 0.437. The summed E-state index contributed by atoms with van der Waals surface area (Å²) >= 11 is 0. The summed E-state index contributed by atoms with van der Waals surface area (Å²) in [7, 11) is 1.95. The number of hydrogen-bond acceptors (Lipinski definition) is 3. The van der Waals surface area contributed by atoms with Gasteiger partial charge >= 0.3 is 0 Å². The van der Waals surface area contributed by atoms with Crippen molar-refractivity contribution < 1.29 is 0 Å². The predicted octanol–water partition coefficient (Wildman–Crippen LogP) is -0.0241. The summed E-state index contributed by atoms with van der Waals surface area (Å²) < 4.78 is 0. The Balaban J connectivity index is 2.63. The maximum atomic E-state index is 5.30. The molecule has 5 heteroatoms. The number of aliphatic imine (C=N–C) groups is 2. The van der Waals surface area contributed by atoms with Crippen molar-refractivity contribution >= 4 is 11.9 Å². The van der Waals surface area contributed by atoms with Crippen LogP contribution in [0.4, 0.5) is 0 Å². The maximum Gasteiger partial charge on any atom is 0.224 e. The van der Waals surface area contributed by atoms with Crippen LogP contribution in [-0.2, 0) is 0 Å². The molecule has 0 bridgehead atoms. The van der Waals surface area contributed by atoms with E-state index in [1.54, 1.807) is 0 Å². The van der Waals surface area contributed by atoms with Crippen LogP contribution in [0.2, 0.25) is 0 Å². The van der Waals surface area contributed by atoms with E-state index in [2.05, 4.69) is 23.8 Å². The van der Waals surface area contributed by atoms with E-state index in [1.165, 1.54) is 0 Å². The molecule has 0 aliphatic carbocycles. The van der Waals surface area contributed by atoms with Crippen LogP contribution < -0.4 is 11.5 Å².